The highest BCUT2D eigenvalue weighted by molar-refractivity contribution is 5.96. The maximum absolute atomic E-state index is 11.7. The molecule has 0 saturated carbocycles. The lowest BCUT2D eigenvalue weighted by atomic mass is 9.98. The Balaban J connectivity index is 2.50. The third kappa shape index (κ3) is 3.74. The summed E-state index contributed by atoms with van der Waals surface area (Å²) in [6, 6.07) is 7.15. The molecule has 0 amide bonds. The van der Waals surface area contributed by atoms with Crippen molar-refractivity contribution in [3.63, 3.8) is 0 Å². The molecule has 0 spiro atoms. The van der Waals surface area contributed by atoms with Crippen molar-refractivity contribution in [3.05, 3.63) is 29.8 Å². The van der Waals surface area contributed by atoms with Crippen LogP contribution in [-0.4, -0.2) is 5.78 Å². The number of benzene rings is 1. The SMILES string of the molecule is CCC(C)CCC(=O)c1ccc(N)cc1. The van der Waals surface area contributed by atoms with Crippen LogP contribution in [-0.2, 0) is 0 Å². The van der Waals surface area contributed by atoms with Crippen LogP contribution in [0.15, 0.2) is 24.3 Å². The van der Waals surface area contributed by atoms with Gasteiger partial charge in [0.05, 0.1) is 0 Å². The highest BCUT2D eigenvalue weighted by Gasteiger charge is 2.07. The molecule has 0 aliphatic carbocycles. The largest absolute Gasteiger partial charge is 0.399 e. The van der Waals surface area contributed by atoms with Crippen molar-refractivity contribution >= 4 is 11.5 Å². The van der Waals surface area contributed by atoms with Crippen LogP contribution in [0, 0.1) is 5.92 Å². The molecule has 0 aliphatic rings. The Morgan fingerprint density at radius 3 is 2.47 bits per heavy atom. The number of hydrogen-bond donors (Lipinski definition) is 1. The van der Waals surface area contributed by atoms with Crippen molar-refractivity contribution < 1.29 is 4.79 Å². The van der Waals surface area contributed by atoms with Crippen LogP contribution in [0.3, 0.4) is 0 Å². The fourth-order valence-corrected chi connectivity index (χ4v) is 1.39. The summed E-state index contributed by atoms with van der Waals surface area (Å²) in [6.45, 7) is 4.33. The molecular formula is C13H19NO. The lowest BCUT2D eigenvalue weighted by molar-refractivity contribution is 0.0974. The minimum absolute atomic E-state index is 0.218. The monoisotopic (exact) mass is 205 g/mol. The number of anilines is 1. The smallest absolute Gasteiger partial charge is 0.162 e. The van der Waals surface area contributed by atoms with Crippen LogP contribution in [0.5, 0.6) is 0 Å². The van der Waals surface area contributed by atoms with Crippen molar-refractivity contribution in [3.8, 4) is 0 Å². The van der Waals surface area contributed by atoms with Gasteiger partial charge in [0.2, 0.25) is 0 Å². The molecule has 0 bridgehead atoms. The first-order valence-corrected chi connectivity index (χ1v) is 5.52. The Bertz CT molecular complexity index is 316. The van der Waals surface area contributed by atoms with Crippen molar-refractivity contribution in [2.45, 2.75) is 33.1 Å². The van der Waals surface area contributed by atoms with E-state index < -0.39 is 0 Å². The number of carbonyl (C=O) groups excluding carboxylic acids is 1. The molecular weight excluding hydrogens is 186 g/mol. The summed E-state index contributed by atoms with van der Waals surface area (Å²) in [5.41, 5.74) is 7.03. The molecule has 2 N–H and O–H groups in total. The third-order valence-electron chi connectivity index (χ3n) is 2.79. The molecule has 1 atom stereocenters. The summed E-state index contributed by atoms with van der Waals surface area (Å²) in [7, 11) is 0. The highest BCUT2D eigenvalue weighted by Crippen LogP contribution is 2.14. The first-order chi connectivity index (χ1) is 7.13. The minimum atomic E-state index is 0.218. The Labute approximate surface area is 91.5 Å². The second-order valence-corrected chi connectivity index (χ2v) is 4.10. The van der Waals surface area contributed by atoms with Crippen molar-refractivity contribution in [2.24, 2.45) is 5.92 Å². The van der Waals surface area contributed by atoms with E-state index in [-0.39, 0.29) is 5.78 Å². The quantitative estimate of drug-likeness (QED) is 0.592. The summed E-state index contributed by atoms with van der Waals surface area (Å²) in [4.78, 5) is 11.7. The zero-order valence-corrected chi connectivity index (χ0v) is 9.49. The van der Waals surface area contributed by atoms with E-state index in [4.69, 9.17) is 5.73 Å². The Kier molecular flexibility index (Phi) is 4.35. The molecule has 0 fully saturated rings. The Hall–Kier alpha value is -1.31. The van der Waals surface area contributed by atoms with Crippen molar-refractivity contribution in [2.75, 3.05) is 5.73 Å². The number of nitrogens with two attached hydrogens (primary N) is 1. The molecule has 15 heavy (non-hydrogen) atoms. The normalized spacial score (nSPS) is 12.4. The summed E-state index contributed by atoms with van der Waals surface area (Å²) in [5.74, 6) is 0.845. The first kappa shape index (κ1) is 11.8. The Morgan fingerprint density at radius 2 is 1.93 bits per heavy atom. The van der Waals surface area contributed by atoms with Crippen molar-refractivity contribution in [1.29, 1.82) is 0 Å². The first-order valence-electron chi connectivity index (χ1n) is 5.52. The van der Waals surface area contributed by atoms with Crippen LogP contribution < -0.4 is 5.73 Å². The van der Waals surface area contributed by atoms with E-state index in [9.17, 15) is 4.79 Å². The molecule has 0 aliphatic heterocycles. The topological polar surface area (TPSA) is 43.1 Å². The third-order valence-corrected chi connectivity index (χ3v) is 2.79. The molecule has 1 rings (SSSR count). The van der Waals surface area contributed by atoms with E-state index in [1.807, 2.05) is 0 Å². The predicted molar refractivity (Wildman–Crippen MR) is 63.9 cm³/mol. The van der Waals surface area contributed by atoms with E-state index >= 15 is 0 Å². The second kappa shape index (κ2) is 5.54. The molecule has 2 nitrogen and oxygen atoms in total. The summed E-state index contributed by atoms with van der Waals surface area (Å²) in [6.07, 6.45) is 2.74. The number of rotatable bonds is 5. The van der Waals surface area contributed by atoms with Gasteiger partial charge in [-0.25, -0.2) is 0 Å². The summed E-state index contributed by atoms with van der Waals surface area (Å²) >= 11 is 0. The second-order valence-electron chi connectivity index (χ2n) is 4.10. The van der Waals surface area contributed by atoms with Gasteiger partial charge < -0.3 is 5.73 Å². The van der Waals surface area contributed by atoms with Gasteiger partial charge in [-0.05, 0) is 36.6 Å². The van der Waals surface area contributed by atoms with Crippen LogP contribution in [0.4, 0.5) is 5.69 Å². The number of nitrogen functional groups attached to an aromatic ring is 1. The number of hydrogen-bond acceptors (Lipinski definition) is 2. The average Bonchev–Trinajstić information content (AvgIpc) is 2.26. The molecule has 0 radical (unpaired) electrons. The van der Waals surface area contributed by atoms with Crippen molar-refractivity contribution in [1.82, 2.24) is 0 Å². The zero-order valence-electron chi connectivity index (χ0n) is 9.49. The van der Waals surface area contributed by atoms with Gasteiger partial charge in [-0.2, -0.15) is 0 Å². The van der Waals surface area contributed by atoms with E-state index in [0.29, 0.717) is 18.0 Å². The van der Waals surface area contributed by atoms with Gasteiger partial charge in [-0.15, -0.1) is 0 Å². The standard InChI is InChI=1S/C13H19NO/c1-3-10(2)4-9-13(15)11-5-7-12(14)8-6-11/h5-8,10H,3-4,9,14H2,1-2H3. The zero-order chi connectivity index (χ0) is 11.3. The van der Waals surface area contributed by atoms with Gasteiger partial charge >= 0.3 is 0 Å². The predicted octanol–water partition coefficient (Wildman–Crippen LogP) is 3.28. The fraction of sp³-hybridized carbons (Fsp3) is 0.462. The molecule has 2 heteroatoms. The van der Waals surface area contributed by atoms with Gasteiger partial charge in [-0.3, -0.25) is 4.79 Å². The molecule has 0 saturated heterocycles. The molecule has 1 unspecified atom stereocenters. The number of carbonyl (C=O) groups is 1. The fourth-order valence-electron chi connectivity index (χ4n) is 1.39. The van der Waals surface area contributed by atoms with E-state index in [2.05, 4.69) is 13.8 Å². The maximum Gasteiger partial charge on any atom is 0.162 e. The maximum atomic E-state index is 11.7. The average molecular weight is 205 g/mol. The van der Waals surface area contributed by atoms with Gasteiger partial charge in [0.25, 0.3) is 0 Å². The number of ketones is 1. The number of Topliss-reactive ketones (excluding diaryl/α,β-unsaturated/α-hetero) is 1. The van der Waals surface area contributed by atoms with E-state index in [1.165, 1.54) is 0 Å². The van der Waals surface area contributed by atoms with E-state index in [0.717, 1.165) is 18.4 Å². The minimum Gasteiger partial charge on any atom is -0.399 e. The summed E-state index contributed by atoms with van der Waals surface area (Å²) < 4.78 is 0. The summed E-state index contributed by atoms with van der Waals surface area (Å²) in [5, 5.41) is 0. The molecule has 0 heterocycles. The van der Waals surface area contributed by atoms with E-state index in [1.54, 1.807) is 24.3 Å². The van der Waals surface area contributed by atoms with Gasteiger partial charge in [0.15, 0.2) is 5.78 Å². The van der Waals surface area contributed by atoms with Crippen LogP contribution >= 0.6 is 0 Å². The van der Waals surface area contributed by atoms with Crippen LogP contribution in [0.1, 0.15) is 43.5 Å². The van der Waals surface area contributed by atoms with Gasteiger partial charge in [0.1, 0.15) is 0 Å². The molecule has 1 aromatic carbocycles. The highest BCUT2D eigenvalue weighted by atomic mass is 16.1. The van der Waals surface area contributed by atoms with Crippen LogP contribution in [0.25, 0.3) is 0 Å². The van der Waals surface area contributed by atoms with Gasteiger partial charge in [-0.1, -0.05) is 20.3 Å². The van der Waals surface area contributed by atoms with Crippen LogP contribution in [0.2, 0.25) is 0 Å². The molecule has 82 valence electrons. The molecule has 0 aromatic heterocycles. The Morgan fingerprint density at radius 1 is 1.33 bits per heavy atom. The van der Waals surface area contributed by atoms with Gasteiger partial charge in [0, 0.05) is 17.7 Å². The molecule has 1 aromatic rings. The lowest BCUT2D eigenvalue weighted by Crippen LogP contribution is -2.02. The lowest BCUT2D eigenvalue weighted by Gasteiger charge is -2.07.